The van der Waals surface area contributed by atoms with Gasteiger partial charge in [-0.3, -0.25) is 0 Å². The zero-order valence-corrected chi connectivity index (χ0v) is 6.95. The zero-order chi connectivity index (χ0) is 8.27. The van der Waals surface area contributed by atoms with E-state index >= 15 is 0 Å². The van der Waals surface area contributed by atoms with E-state index in [9.17, 15) is 0 Å². The van der Waals surface area contributed by atoms with Gasteiger partial charge in [0.05, 0.1) is 12.2 Å². The van der Waals surface area contributed by atoms with Gasteiger partial charge < -0.3 is 10.2 Å². The minimum Gasteiger partial charge on any atom is -0.447 e. The van der Waals surface area contributed by atoms with E-state index in [2.05, 4.69) is 18.8 Å². The molecule has 0 aliphatic rings. The standard InChI is InChI=1S/C8H14N2O/c1-3-6(2)7(9)8-10-4-5-11-8/h4-7H,3,9H2,1-2H3/t6-,7-/m0/s1. The van der Waals surface area contributed by atoms with E-state index in [1.807, 2.05) is 0 Å². The molecule has 62 valence electrons. The Kier molecular flexibility index (Phi) is 2.65. The molecule has 0 unspecified atom stereocenters. The third-order valence-electron chi connectivity index (χ3n) is 1.99. The molecule has 0 aliphatic heterocycles. The summed E-state index contributed by atoms with van der Waals surface area (Å²) < 4.78 is 5.08. The Morgan fingerprint density at radius 3 is 2.91 bits per heavy atom. The fraction of sp³-hybridized carbons (Fsp3) is 0.625. The van der Waals surface area contributed by atoms with E-state index in [0.29, 0.717) is 11.8 Å². The first kappa shape index (κ1) is 8.27. The van der Waals surface area contributed by atoms with Gasteiger partial charge in [-0.15, -0.1) is 0 Å². The summed E-state index contributed by atoms with van der Waals surface area (Å²) in [4.78, 5) is 3.99. The van der Waals surface area contributed by atoms with Crippen molar-refractivity contribution in [1.29, 1.82) is 0 Å². The summed E-state index contributed by atoms with van der Waals surface area (Å²) in [5.41, 5.74) is 5.84. The Bertz CT molecular complexity index is 196. The molecule has 1 rings (SSSR count). The van der Waals surface area contributed by atoms with Crippen molar-refractivity contribution in [3.63, 3.8) is 0 Å². The monoisotopic (exact) mass is 154 g/mol. The SMILES string of the molecule is CC[C@H](C)[C@H](N)c1ncco1. The second-order valence-electron chi connectivity index (χ2n) is 2.78. The summed E-state index contributed by atoms with van der Waals surface area (Å²) in [7, 11) is 0. The number of nitrogens with zero attached hydrogens (tertiary/aromatic N) is 1. The number of rotatable bonds is 3. The molecule has 0 spiro atoms. The molecule has 0 radical (unpaired) electrons. The molecule has 11 heavy (non-hydrogen) atoms. The van der Waals surface area contributed by atoms with Crippen LogP contribution in [0.25, 0.3) is 0 Å². The molecule has 0 fully saturated rings. The second kappa shape index (κ2) is 3.53. The lowest BCUT2D eigenvalue weighted by Crippen LogP contribution is -2.18. The number of oxazole rings is 1. The third kappa shape index (κ3) is 1.80. The molecule has 0 saturated heterocycles. The van der Waals surface area contributed by atoms with Crippen LogP contribution in [0.15, 0.2) is 16.9 Å². The Morgan fingerprint density at radius 1 is 1.73 bits per heavy atom. The van der Waals surface area contributed by atoms with Crippen LogP contribution < -0.4 is 5.73 Å². The smallest absolute Gasteiger partial charge is 0.211 e. The van der Waals surface area contributed by atoms with E-state index in [1.165, 1.54) is 0 Å². The minimum absolute atomic E-state index is 0.0602. The van der Waals surface area contributed by atoms with E-state index < -0.39 is 0 Å². The lowest BCUT2D eigenvalue weighted by Gasteiger charge is -2.13. The van der Waals surface area contributed by atoms with Crippen molar-refractivity contribution >= 4 is 0 Å². The van der Waals surface area contributed by atoms with E-state index in [0.717, 1.165) is 6.42 Å². The summed E-state index contributed by atoms with van der Waals surface area (Å²) in [5, 5.41) is 0. The molecular formula is C8H14N2O. The lowest BCUT2D eigenvalue weighted by molar-refractivity contribution is 0.364. The lowest BCUT2D eigenvalue weighted by atomic mass is 10.0. The highest BCUT2D eigenvalue weighted by atomic mass is 16.3. The molecular weight excluding hydrogens is 140 g/mol. The first-order valence-electron chi connectivity index (χ1n) is 3.90. The van der Waals surface area contributed by atoms with Crippen LogP contribution in [0, 0.1) is 5.92 Å². The van der Waals surface area contributed by atoms with Crippen LogP contribution in [0.4, 0.5) is 0 Å². The van der Waals surface area contributed by atoms with Crippen LogP contribution in [0.5, 0.6) is 0 Å². The highest BCUT2D eigenvalue weighted by Crippen LogP contribution is 2.19. The number of hydrogen-bond acceptors (Lipinski definition) is 3. The molecule has 2 N–H and O–H groups in total. The summed E-state index contributed by atoms with van der Waals surface area (Å²) in [6.45, 7) is 4.20. The average molecular weight is 154 g/mol. The van der Waals surface area contributed by atoms with Gasteiger partial charge in [0.15, 0.2) is 0 Å². The van der Waals surface area contributed by atoms with Crippen LogP contribution >= 0.6 is 0 Å². The number of hydrogen-bond donors (Lipinski definition) is 1. The van der Waals surface area contributed by atoms with E-state index in [-0.39, 0.29) is 6.04 Å². The molecule has 0 aromatic carbocycles. The Hall–Kier alpha value is -0.830. The van der Waals surface area contributed by atoms with Crippen molar-refractivity contribution in [2.45, 2.75) is 26.3 Å². The normalized spacial score (nSPS) is 16.3. The van der Waals surface area contributed by atoms with Crippen molar-refractivity contribution < 1.29 is 4.42 Å². The van der Waals surface area contributed by atoms with Crippen molar-refractivity contribution in [2.75, 3.05) is 0 Å². The Morgan fingerprint density at radius 2 is 2.45 bits per heavy atom. The van der Waals surface area contributed by atoms with Gasteiger partial charge in [0.25, 0.3) is 0 Å². The fourth-order valence-electron chi connectivity index (χ4n) is 0.896. The quantitative estimate of drug-likeness (QED) is 0.721. The molecule has 1 aromatic heterocycles. The largest absolute Gasteiger partial charge is 0.447 e. The van der Waals surface area contributed by atoms with Gasteiger partial charge in [-0.2, -0.15) is 0 Å². The Labute approximate surface area is 66.6 Å². The summed E-state index contributed by atoms with van der Waals surface area (Å²) in [6.07, 6.45) is 4.22. The first-order valence-corrected chi connectivity index (χ1v) is 3.90. The fourth-order valence-corrected chi connectivity index (χ4v) is 0.896. The third-order valence-corrected chi connectivity index (χ3v) is 1.99. The predicted octanol–water partition coefficient (Wildman–Crippen LogP) is 1.72. The number of nitrogens with two attached hydrogens (primary N) is 1. The van der Waals surface area contributed by atoms with Crippen LogP contribution in [0.3, 0.4) is 0 Å². The van der Waals surface area contributed by atoms with Gasteiger partial charge in [0.1, 0.15) is 6.26 Å². The molecule has 3 heteroatoms. The summed E-state index contributed by atoms with van der Waals surface area (Å²) >= 11 is 0. The Balaban J connectivity index is 2.62. The molecule has 3 nitrogen and oxygen atoms in total. The maximum atomic E-state index is 5.84. The first-order chi connectivity index (χ1) is 5.25. The molecule has 1 heterocycles. The van der Waals surface area contributed by atoms with Crippen molar-refractivity contribution in [3.05, 3.63) is 18.4 Å². The van der Waals surface area contributed by atoms with Gasteiger partial charge in [-0.25, -0.2) is 4.98 Å². The number of aromatic nitrogens is 1. The van der Waals surface area contributed by atoms with Crippen LogP contribution in [0.1, 0.15) is 32.2 Å². The van der Waals surface area contributed by atoms with Gasteiger partial charge in [-0.05, 0) is 5.92 Å². The van der Waals surface area contributed by atoms with Crippen LogP contribution in [-0.4, -0.2) is 4.98 Å². The van der Waals surface area contributed by atoms with Crippen LogP contribution in [-0.2, 0) is 0 Å². The van der Waals surface area contributed by atoms with Gasteiger partial charge >= 0.3 is 0 Å². The van der Waals surface area contributed by atoms with Crippen molar-refractivity contribution in [3.8, 4) is 0 Å². The molecule has 1 aromatic rings. The highest BCUT2D eigenvalue weighted by molar-refractivity contribution is 4.90. The van der Waals surface area contributed by atoms with Gasteiger partial charge in [0.2, 0.25) is 5.89 Å². The molecule has 0 aliphatic carbocycles. The molecule has 2 atom stereocenters. The van der Waals surface area contributed by atoms with Gasteiger partial charge in [-0.1, -0.05) is 20.3 Å². The molecule has 0 saturated carbocycles. The minimum atomic E-state index is -0.0602. The van der Waals surface area contributed by atoms with E-state index in [1.54, 1.807) is 12.5 Å². The second-order valence-corrected chi connectivity index (χ2v) is 2.78. The van der Waals surface area contributed by atoms with Crippen molar-refractivity contribution in [2.24, 2.45) is 11.7 Å². The highest BCUT2D eigenvalue weighted by Gasteiger charge is 2.16. The topological polar surface area (TPSA) is 52.0 Å². The van der Waals surface area contributed by atoms with Crippen molar-refractivity contribution in [1.82, 2.24) is 4.98 Å². The zero-order valence-electron chi connectivity index (χ0n) is 6.95. The summed E-state index contributed by atoms with van der Waals surface area (Å²) in [6, 6.07) is -0.0602. The van der Waals surface area contributed by atoms with Crippen LogP contribution in [0.2, 0.25) is 0 Å². The molecule has 0 bridgehead atoms. The maximum absolute atomic E-state index is 5.84. The van der Waals surface area contributed by atoms with Gasteiger partial charge in [0, 0.05) is 0 Å². The average Bonchev–Trinajstić information content (AvgIpc) is 2.53. The summed E-state index contributed by atoms with van der Waals surface area (Å²) in [5.74, 6) is 1.06. The molecule has 0 amide bonds. The predicted molar refractivity (Wildman–Crippen MR) is 42.9 cm³/mol. The van der Waals surface area contributed by atoms with E-state index in [4.69, 9.17) is 10.2 Å². The maximum Gasteiger partial charge on any atom is 0.211 e.